The van der Waals surface area contributed by atoms with Crippen LogP contribution in [0.4, 0.5) is 0 Å². The molecule has 20 heavy (non-hydrogen) atoms. The van der Waals surface area contributed by atoms with Gasteiger partial charge in [-0.05, 0) is 43.7 Å². The van der Waals surface area contributed by atoms with Crippen molar-refractivity contribution in [3.8, 4) is 0 Å². The molecule has 0 radical (unpaired) electrons. The van der Waals surface area contributed by atoms with Gasteiger partial charge in [0.15, 0.2) is 0 Å². The number of hydrogen-bond acceptors (Lipinski definition) is 2. The van der Waals surface area contributed by atoms with E-state index < -0.39 is 0 Å². The summed E-state index contributed by atoms with van der Waals surface area (Å²) in [6.07, 6.45) is 4.37. The highest BCUT2D eigenvalue weighted by molar-refractivity contribution is 5.83. The topological polar surface area (TPSA) is 40.2 Å². The Morgan fingerprint density at radius 2 is 2.05 bits per heavy atom. The molecule has 2 aromatic rings. The Morgan fingerprint density at radius 1 is 1.25 bits per heavy atom. The summed E-state index contributed by atoms with van der Waals surface area (Å²) in [6.45, 7) is 7.91. The Labute approximate surface area is 121 Å². The second-order valence-electron chi connectivity index (χ2n) is 5.66. The summed E-state index contributed by atoms with van der Waals surface area (Å²) in [5.41, 5.74) is 8.77. The fraction of sp³-hybridized carbons (Fsp3) is 0.529. The van der Waals surface area contributed by atoms with E-state index in [2.05, 4.69) is 55.8 Å². The van der Waals surface area contributed by atoms with Crippen molar-refractivity contribution < 1.29 is 4.74 Å². The van der Waals surface area contributed by atoms with Gasteiger partial charge in [-0.1, -0.05) is 25.1 Å². The van der Waals surface area contributed by atoms with Gasteiger partial charge in [-0.3, -0.25) is 0 Å². The van der Waals surface area contributed by atoms with E-state index in [1.807, 2.05) is 0 Å². The zero-order chi connectivity index (χ0) is 14.5. The molecule has 1 aromatic heterocycles. The van der Waals surface area contributed by atoms with Crippen LogP contribution in [-0.2, 0) is 17.7 Å². The molecule has 0 aliphatic carbocycles. The molecule has 1 heterocycles. The molecule has 110 valence electrons. The standard InChI is InChI=1S/C17H26N2O/c1-4-16(18)12-15-7-5-6-14-8-9-19(17(14)15)10-11-20-13(2)3/h5-9,13,16H,4,10-12,18H2,1-3H3. The summed E-state index contributed by atoms with van der Waals surface area (Å²) in [7, 11) is 0. The number of benzene rings is 1. The summed E-state index contributed by atoms with van der Waals surface area (Å²) < 4.78 is 7.95. The van der Waals surface area contributed by atoms with E-state index in [0.29, 0.717) is 0 Å². The highest BCUT2D eigenvalue weighted by atomic mass is 16.5. The molecular weight excluding hydrogens is 248 g/mol. The molecule has 2 rings (SSSR count). The maximum absolute atomic E-state index is 6.12. The molecule has 1 aromatic carbocycles. The molecule has 3 nitrogen and oxygen atoms in total. The predicted octanol–water partition coefficient (Wildman–Crippen LogP) is 3.35. The minimum absolute atomic E-state index is 0.232. The highest BCUT2D eigenvalue weighted by Crippen LogP contribution is 2.22. The molecular formula is C17H26N2O. The van der Waals surface area contributed by atoms with E-state index in [4.69, 9.17) is 10.5 Å². The zero-order valence-electron chi connectivity index (χ0n) is 12.8. The second kappa shape index (κ2) is 6.91. The Morgan fingerprint density at radius 3 is 2.75 bits per heavy atom. The van der Waals surface area contributed by atoms with Crippen LogP contribution >= 0.6 is 0 Å². The second-order valence-corrected chi connectivity index (χ2v) is 5.66. The van der Waals surface area contributed by atoms with Gasteiger partial charge in [-0.15, -0.1) is 0 Å². The van der Waals surface area contributed by atoms with Crippen LogP contribution in [0.5, 0.6) is 0 Å². The molecule has 0 spiro atoms. The molecule has 1 unspecified atom stereocenters. The van der Waals surface area contributed by atoms with Crippen molar-refractivity contribution in [1.29, 1.82) is 0 Å². The molecule has 0 saturated carbocycles. The van der Waals surface area contributed by atoms with Crippen LogP contribution in [-0.4, -0.2) is 23.3 Å². The smallest absolute Gasteiger partial charge is 0.0649 e. The molecule has 0 fully saturated rings. The minimum atomic E-state index is 0.232. The predicted molar refractivity (Wildman–Crippen MR) is 85.0 cm³/mol. The van der Waals surface area contributed by atoms with Crippen molar-refractivity contribution in [2.45, 2.75) is 52.3 Å². The first-order chi connectivity index (χ1) is 9.61. The quantitative estimate of drug-likeness (QED) is 0.841. The van der Waals surface area contributed by atoms with Gasteiger partial charge in [0.2, 0.25) is 0 Å². The van der Waals surface area contributed by atoms with Crippen LogP contribution in [0.2, 0.25) is 0 Å². The third kappa shape index (κ3) is 3.62. The highest BCUT2D eigenvalue weighted by Gasteiger charge is 2.09. The average molecular weight is 274 g/mol. The lowest BCUT2D eigenvalue weighted by molar-refractivity contribution is 0.0733. The van der Waals surface area contributed by atoms with Crippen LogP contribution in [0.15, 0.2) is 30.5 Å². The average Bonchev–Trinajstić information content (AvgIpc) is 2.83. The molecule has 1 atom stereocenters. The first-order valence-corrected chi connectivity index (χ1v) is 7.55. The van der Waals surface area contributed by atoms with Crippen LogP contribution < -0.4 is 5.73 Å². The Hall–Kier alpha value is -1.32. The van der Waals surface area contributed by atoms with Gasteiger partial charge in [-0.25, -0.2) is 0 Å². The van der Waals surface area contributed by atoms with E-state index in [1.165, 1.54) is 16.5 Å². The number of nitrogens with zero attached hydrogens (tertiary/aromatic N) is 1. The normalized spacial score (nSPS) is 13.2. The number of aromatic nitrogens is 1. The van der Waals surface area contributed by atoms with Crippen molar-refractivity contribution in [3.63, 3.8) is 0 Å². The fourth-order valence-corrected chi connectivity index (χ4v) is 2.51. The molecule has 0 aliphatic heterocycles. The van der Waals surface area contributed by atoms with Crippen LogP contribution in [0.1, 0.15) is 32.8 Å². The molecule has 0 aliphatic rings. The van der Waals surface area contributed by atoms with Gasteiger partial charge >= 0.3 is 0 Å². The first kappa shape index (κ1) is 15.1. The first-order valence-electron chi connectivity index (χ1n) is 7.55. The fourth-order valence-electron chi connectivity index (χ4n) is 2.51. The van der Waals surface area contributed by atoms with Crippen molar-refractivity contribution in [2.24, 2.45) is 5.73 Å². The van der Waals surface area contributed by atoms with Gasteiger partial charge in [0.25, 0.3) is 0 Å². The van der Waals surface area contributed by atoms with Gasteiger partial charge in [-0.2, -0.15) is 0 Å². The third-order valence-corrected chi connectivity index (χ3v) is 3.66. The van der Waals surface area contributed by atoms with Gasteiger partial charge < -0.3 is 15.0 Å². The molecule has 3 heteroatoms. The summed E-state index contributed by atoms with van der Waals surface area (Å²) >= 11 is 0. The SMILES string of the molecule is CCC(N)Cc1cccc2ccn(CCOC(C)C)c12. The van der Waals surface area contributed by atoms with E-state index in [0.717, 1.165) is 26.0 Å². The largest absolute Gasteiger partial charge is 0.377 e. The molecule has 0 saturated heterocycles. The Kier molecular flexibility index (Phi) is 5.21. The molecule has 0 amide bonds. The summed E-state index contributed by atoms with van der Waals surface area (Å²) in [5, 5.41) is 1.29. The maximum Gasteiger partial charge on any atom is 0.0649 e. The lowest BCUT2D eigenvalue weighted by Gasteiger charge is -2.14. The number of ether oxygens (including phenoxy) is 1. The molecule has 2 N–H and O–H groups in total. The lowest BCUT2D eigenvalue weighted by atomic mass is 10.0. The number of rotatable bonds is 7. The summed E-state index contributed by atoms with van der Waals surface area (Å²) in [5.74, 6) is 0. The minimum Gasteiger partial charge on any atom is -0.377 e. The van der Waals surface area contributed by atoms with Gasteiger partial charge in [0.1, 0.15) is 0 Å². The Balaban J connectivity index is 2.22. The summed E-state index contributed by atoms with van der Waals surface area (Å²) in [6, 6.07) is 8.88. The zero-order valence-corrected chi connectivity index (χ0v) is 12.8. The Bertz CT molecular complexity index is 545. The van der Waals surface area contributed by atoms with Crippen molar-refractivity contribution in [1.82, 2.24) is 4.57 Å². The molecule has 0 bridgehead atoms. The van der Waals surface area contributed by atoms with Gasteiger partial charge in [0, 0.05) is 18.8 Å². The third-order valence-electron chi connectivity index (χ3n) is 3.66. The van der Waals surface area contributed by atoms with E-state index >= 15 is 0 Å². The van der Waals surface area contributed by atoms with Crippen LogP contribution in [0.25, 0.3) is 10.9 Å². The van der Waals surface area contributed by atoms with Crippen molar-refractivity contribution >= 4 is 10.9 Å². The van der Waals surface area contributed by atoms with Crippen molar-refractivity contribution in [2.75, 3.05) is 6.61 Å². The number of para-hydroxylation sites is 1. The van der Waals surface area contributed by atoms with E-state index in [9.17, 15) is 0 Å². The number of nitrogens with two attached hydrogens (primary N) is 1. The maximum atomic E-state index is 6.12. The number of hydrogen-bond donors (Lipinski definition) is 1. The monoisotopic (exact) mass is 274 g/mol. The van der Waals surface area contributed by atoms with Gasteiger partial charge in [0.05, 0.1) is 18.2 Å². The van der Waals surface area contributed by atoms with Crippen molar-refractivity contribution in [3.05, 3.63) is 36.0 Å². The summed E-state index contributed by atoms with van der Waals surface area (Å²) in [4.78, 5) is 0. The van der Waals surface area contributed by atoms with E-state index in [1.54, 1.807) is 0 Å². The number of fused-ring (bicyclic) bond motifs is 1. The van der Waals surface area contributed by atoms with E-state index in [-0.39, 0.29) is 12.1 Å². The van der Waals surface area contributed by atoms with Crippen LogP contribution in [0, 0.1) is 0 Å². The lowest BCUT2D eigenvalue weighted by Crippen LogP contribution is -2.21. The van der Waals surface area contributed by atoms with Crippen LogP contribution in [0.3, 0.4) is 0 Å².